The van der Waals surface area contributed by atoms with Crippen molar-refractivity contribution in [2.45, 2.75) is 12.8 Å². The van der Waals surface area contributed by atoms with Crippen molar-refractivity contribution in [3.63, 3.8) is 0 Å². The van der Waals surface area contributed by atoms with Crippen LogP contribution in [0.5, 0.6) is 0 Å². The third-order valence-corrected chi connectivity index (χ3v) is 5.40. The number of hydrogen-bond donors (Lipinski definition) is 2. The lowest BCUT2D eigenvalue weighted by atomic mass is 9.99. The lowest BCUT2D eigenvalue weighted by Gasteiger charge is -2.37. The number of hydrogen-bond acceptors (Lipinski definition) is 4. The van der Waals surface area contributed by atoms with Crippen LogP contribution in [0.15, 0.2) is 28.7 Å². The molecule has 3 rings (SSSR count). The Morgan fingerprint density at radius 3 is 2.54 bits per heavy atom. The van der Waals surface area contributed by atoms with Crippen molar-refractivity contribution in [1.29, 1.82) is 0 Å². The Balaban J connectivity index is 1.37. The second-order valence-corrected chi connectivity index (χ2v) is 7.76. The van der Waals surface area contributed by atoms with Crippen molar-refractivity contribution < 1.29 is 4.79 Å². The minimum absolute atomic E-state index is 0.0715. The van der Waals surface area contributed by atoms with Crippen LogP contribution in [0, 0.1) is 5.92 Å². The van der Waals surface area contributed by atoms with Gasteiger partial charge in [-0.1, -0.05) is 15.9 Å². The number of piperidine rings is 1. The summed E-state index contributed by atoms with van der Waals surface area (Å²) in [5, 5.41) is 6.46. The number of rotatable bonds is 5. The minimum Gasteiger partial charge on any atom is -0.325 e. The van der Waals surface area contributed by atoms with Gasteiger partial charge in [-0.2, -0.15) is 0 Å². The quantitative estimate of drug-likeness (QED) is 0.801. The van der Waals surface area contributed by atoms with E-state index in [2.05, 4.69) is 36.4 Å². The second kappa shape index (κ2) is 8.94. The molecular formula is C18H27BrN4O. The van der Waals surface area contributed by atoms with E-state index in [-0.39, 0.29) is 5.91 Å². The molecule has 0 saturated carbocycles. The fourth-order valence-corrected chi connectivity index (χ4v) is 3.78. The molecule has 1 aromatic carbocycles. The van der Waals surface area contributed by atoms with Crippen LogP contribution in [0.2, 0.25) is 0 Å². The van der Waals surface area contributed by atoms with Crippen LogP contribution < -0.4 is 10.6 Å². The van der Waals surface area contributed by atoms with Gasteiger partial charge in [0.15, 0.2) is 0 Å². The third kappa shape index (κ3) is 5.55. The highest BCUT2D eigenvalue weighted by molar-refractivity contribution is 9.10. The predicted octanol–water partition coefficient (Wildman–Crippen LogP) is 2.00. The molecule has 1 amide bonds. The molecule has 2 N–H and O–H groups in total. The first-order valence-electron chi connectivity index (χ1n) is 8.90. The third-order valence-electron chi connectivity index (χ3n) is 4.88. The highest BCUT2D eigenvalue weighted by Crippen LogP contribution is 2.15. The smallest absolute Gasteiger partial charge is 0.238 e. The molecule has 2 heterocycles. The average Bonchev–Trinajstić information content (AvgIpc) is 2.60. The Hall–Kier alpha value is -0.950. The molecule has 1 atom stereocenters. The van der Waals surface area contributed by atoms with E-state index in [9.17, 15) is 4.79 Å². The molecule has 1 unspecified atom stereocenters. The van der Waals surface area contributed by atoms with Crippen LogP contribution in [0.4, 0.5) is 5.69 Å². The Morgan fingerprint density at radius 2 is 1.88 bits per heavy atom. The standard InChI is InChI=1S/C18H27BrN4O/c19-16-3-5-17(6-4-16)21-18(24)14-23-10-8-22(9-11-23)13-15-2-1-7-20-12-15/h3-6,15,20H,1-2,7-14H2,(H,21,24). The molecule has 132 valence electrons. The second-order valence-electron chi connectivity index (χ2n) is 6.84. The molecule has 0 aromatic heterocycles. The monoisotopic (exact) mass is 394 g/mol. The maximum Gasteiger partial charge on any atom is 0.238 e. The van der Waals surface area contributed by atoms with E-state index in [1.807, 2.05) is 24.3 Å². The van der Waals surface area contributed by atoms with Gasteiger partial charge in [0.05, 0.1) is 6.54 Å². The maximum atomic E-state index is 12.2. The van der Waals surface area contributed by atoms with Crippen LogP contribution in [-0.2, 0) is 4.79 Å². The van der Waals surface area contributed by atoms with E-state index in [0.717, 1.165) is 48.8 Å². The van der Waals surface area contributed by atoms with Gasteiger partial charge in [0, 0.05) is 42.9 Å². The van der Waals surface area contributed by atoms with E-state index in [0.29, 0.717) is 6.54 Å². The van der Waals surface area contributed by atoms with Gasteiger partial charge in [0.25, 0.3) is 0 Å². The lowest BCUT2D eigenvalue weighted by Crippen LogP contribution is -2.50. The lowest BCUT2D eigenvalue weighted by molar-refractivity contribution is -0.117. The molecule has 0 spiro atoms. The summed E-state index contributed by atoms with van der Waals surface area (Å²) in [5.41, 5.74) is 0.853. The molecule has 1 aromatic rings. The molecule has 0 radical (unpaired) electrons. The number of nitrogens with one attached hydrogen (secondary N) is 2. The Bertz CT molecular complexity index is 522. The van der Waals surface area contributed by atoms with Crippen LogP contribution in [0.25, 0.3) is 0 Å². The number of halogens is 1. The summed E-state index contributed by atoms with van der Waals surface area (Å²) >= 11 is 3.40. The van der Waals surface area contributed by atoms with Gasteiger partial charge in [0.2, 0.25) is 5.91 Å². The summed E-state index contributed by atoms with van der Waals surface area (Å²) in [7, 11) is 0. The number of nitrogens with zero attached hydrogens (tertiary/aromatic N) is 2. The maximum absolute atomic E-state index is 12.2. The Morgan fingerprint density at radius 1 is 1.17 bits per heavy atom. The highest BCUT2D eigenvalue weighted by Gasteiger charge is 2.22. The predicted molar refractivity (Wildman–Crippen MR) is 101 cm³/mol. The van der Waals surface area contributed by atoms with Crippen LogP contribution in [0.1, 0.15) is 12.8 Å². The molecular weight excluding hydrogens is 368 g/mol. The number of anilines is 1. The van der Waals surface area contributed by atoms with Crippen molar-refractivity contribution in [3.05, 3.63) is 28.7 Å². The Labute approximate surface area is 152 Å². The zero-order chi connectivity index (χ0) is 16.8. The molecule has 6 heteroatoms. The fraction of sp³-hybridized carbons (Fsp3) is 0.611. The van der Waals surface area contributed by atoms with E-state index in [1.54, 1.807) is 0 Å². The summed E-state index contributed by atoms with van der Waals surface area (Å²) < 4.78 is 1.02. The highest BCUT2D eigenvalue weighted by atomic mass is 79.9. The van der Waals surface area contributed by atoms with Gasteiger partial charge < -0.3 is 15.5 Å². The van der Waals surface area contributed by atoms with E-state index in [4.69, 9.17) is 0 Å². The molecule has 0 bridgehead atoms. The number of carbonyl (C=O) groups excluding carboxylic acids is 1. The SMILES string of the molecule is O=C(CN1CCN(CC2CCCNC2)CC1)Nc1ccc(Br)cc1. The van der Waals surface area contributed by atoms with Gasteiger partial charge in [-0.15, -0.1) is 0 Å². The van der Waals surface area contributed by atoms with Crippen LogP contribution >= 0.6 is 15.9 Å². The van der Waals surface area contributed by atoms with Crippen LogP contribution in [-0.4, -0.2) is 68.1 Å². The van der Waals surface area contributed by atoms with Crippen molar-refractivity contribution in [2.24, 2.45) is 5.92 Å². The summed E-state index contributed by atoms with van der Waals surface area (Å²) in [5.74, 6) is 0.869. The van der Waals surface area contributed by atoms with Gasteiger partial charge in [0.1, 0.15) is 0 Å². The van der Waals surface area contributed by atoms with E-state index >= 15 is 0 Å². The molecule has 0 aliphatic carbocycles. The summed E-state index contributed by atoms with van der Waals surface area (Å²) in [6.45, 7) is 8.13. The topological polar surface area (TPSA) is 47.6 Å². The van der Waals surface area contributed by atoms with Gasteiger partial charge in [-0.25, -0.2) is 0 Å². The number of benzene rings is 1. The van der Waals surface area contributed by atoms with Gasteiger partial charge in [-0.05, 0) is 56.1 Å². The number of amides is 1. The van der Waals surface area contributed by atoms with Crippen molar-refractivity contribution in [3.8, 4) is 0 Å². The number of piperazine rings is 1. The zero-order valence-electron chi connectivity index (χ0n) is 14.1. The van der Waals surface area contributed by atoms with E-state index in [1.165, 1.54) is 25.9 Å². The molecule has 2 aliphatic heterocycles. The molecule has 2 saturated heterocycles. The first-order chi connectivity index (χ1) is 11.7. The van der Waals surface area contributed by atoms with E-state index < -0.39 is 0 Å². The van der Waals surface area contributed by atoms with Gasteiger partial charge in [-0.3, -0.25) is 9.69 Å². The first kappa shape index (κ1) is 17.9. The molecule has 24 heavy (non-hydrogen) atoms. The zero-order valence-corrected chi connectivity index (χ0v) is 15.7. The average molecular weight is 395 g/mol. The first-order valence-corrected chi connectivity index (χ1v) is 9.69. The van der Waals surface area contributed by atoms with Gasteiger partial charge >= 0.3 is 0 Å². The largest absolute Gasteiger partial charge is 0.325 e. The molecule has 2 aliphatic rings. The van der Waals surface area contributed by atoms with Crippen molar-refractivity contribution >= 4 is 27.5 Å². The number of carbonyl (C=O) groups is 1. The minimum atomic E-state index is 0.0715. The fourth-order valence-electron chi connectivity index (χ4n) is 3.51. The van der Waals surface area contributed by atoms with Crippen LogP contribution in [0.3, 0.4) is 0 Å². The summed E-state index contributed by atoms with van der Waals surface area (Å²) in [6.07, 6.45) is 2.66. The normalized spacial score (nSPS) is 23.1. The molecule has 2 fully saturated rings. The summed E-state index contributed by atoms with van der Waals surface area (Å²) in [4.78, 5) is 17.0. The van der Waals surface area contributed by atoms with Crippen molar-refractivity contribution in [1.82, 2.24) is 15.1 Å². The van der Waals surface area contributed by atoms with Crippen molar-refractivity contribution in [2.75, 3.05) is 57.7 Å². The summed E-state index contributed by atoms with van der Waals surface area (Å²) in [6, 6.07) is 7.71. The Kier molecular flexibility index (Phi) is 6.66. The molecule has 5 nitrogen and oxygen atoms in total.